The summed E-state index contributed by atoms with van der Waals surface area (Å²) in [4.78, 5) is 2.57. The van der Waals surface area contributed by atoms with Crippen LogP contribution in [0.3, 0.4) is 0 Å². The third kappa shape index (κ3) is 2.67. The first-order valence-corrected chi connectivity index (χ1v) is 7.20. The predicted octanol–water partition coefficient (Wildman–Crippen LogP) is 2.14. The Kier molecular flexibility index (Phi) is 3.85. The van der Waals surface area contributed by atoms with Crippen LogP contribution in [0.25, 0.3) is 0 Å². The first-order valence-electron chi connectivity index (χ1n) is 7.20. The summed E-state index contributed by atoms with van der Waals surface area (Å²) >= 11 is 0. The lowest BCUT2D eigenvalue weighted by Crippen LogP contribution is -2.45. The van der Waals surface area contributed by atoms with Crippen LogP contribution in [0.15, 0.2) is 30.9 Å². The Morgan fingerprint density at radius 2 is 2.21 bits per heavy atom. The van der Waals surface area contributed by atoms with Gasteiger partial charge in [0.25, 0.3) is 0 Å². The quantitative estimate of drug-likeness (QED) is 0.838. The topological polar surface area (TPSA) is 24.5 Å². The van der Waals surface area contributed by atoms with Crippen LogP contribution in [-0.2, 0) is 6.42 Å². The molecular formula is C16H22N2O. The Hall–Kier alpha value is -1.32. The lowest BCUT2D eigenvalue weighted by molar-refractivity contribution is 0.174. The molecule has 0 aromatic heterocycles. The van der Waals surface area contributed by atoms with E-state index in [4.69, 9.17) is 4.74 Å². The fraction of sp³-hybridized carbons (Fsp3) is 0.500. The van der Waals surface area contributed by atoms with Crippen molar-refractivity contribution < 1.29 is 4.74 Å². The predicted molar refractivity (Wildman–Crippen MR) is 77.6 cm³/mol. The summed E-state index contributed by atoms with van der Waals surface area (Å²) < 4.78 is 5.59. The van der Waals surface area contributed by atoms with Crippen LogP contribution in [0.2, 0.25) is 0 Å². The highest BCUT2D eigenvalue weighted by Gasteiger charge is 2.22. The number of ether oxygens (including phenoxy) is 1. The molecule has 0 unspecified atom stereocenters. The molecule has 2 heterocycles. The molecule has 1 atom stereocenters. The molecule has 1 saturated heterocycles. The van der Waals surface area contributed by atoms with Crippen LogP contribution in [0.1, 0.15) is 23.6 Å². The summed E-state index contributed by atoms with van der Waals surface area (Å²) in [5, 5.41) is 3.42. The zero-order chi connectivity index (χ0) is 13.1. The normalized spacial score (nSPS) is 20.6. The molecular weight excluding hydrogens is 236 g/mol. The maximum Gasteiger partial charge on any atom is 0.122 e. The summed E-state index contributed by atoms with van der Waals surface area (Å²) in [6, 6.07) is 7.15. The second-order valence-corrected chi connectivity index (χ2v) is 5.29. The Labute approximate surface area is 115 Å². The lowest BCUT2D eigenvalue weighted by atomic mass is 9.98. The van der Waals surface area contributed by atoms with Gasteiger partial charge in [-0.1, -0.05) is 18.2 Å². The minimum Gasteiger partial charge on any atom is -0.493 e. The van der Waals surface area contributed by atoms with Crippen molar-refractivity contribution in [3.8, 4) is 5.75 Å². The standard InChI is InChI=1S/C16H22N2O/c1-2-3-15(18-9-7-17-8-10-18)13-4-5-16-14(12-13)6-11-19-16/h2,4-5,12,15,17H,1,3,6-11H2/t15-/m0/s1. The molecule has 19 heavy (non-hydrogen) atoms. The smallest absolute Gasteiger partial charge is 0.122 e. The van der Waals surface area contributed by atoms with E-state index in [2.05, 4.69) is 35.0 Å². The number of benzene rings is 1. The molecule has 3 heteroatoms. The van der Waals surface area contributed by atoms with Crippen molar-refractivity contribution >= 4 is 0 Å². The van der Waals surface area contributed by atoms with Crippen LogP contribution in [0.5, 0.6) is 5.75 Å². The highest BCUT2D eigenvalue weighted by Crippen LogP contribution is 2.32. The van der Waals surface area contributed by atoms with Gasteiger partial charge in [0.05, 0.1) is 6.61 Å². The molecule has 1 aromatic rings. The third-order valence-corrected chi connectivity index (χ3v) is 4.08. The minimum atomic E-state index is 0.463. The molecule has 2 aliphatic heterocycles. The van der Waals surface area contributed by atoms with Crippen LogP contribution < -0.4 is 10.1 Å². The number of nitrogens with zero attached hydrogens (tertiary/aromatic N) is 1. The monoisotopic (exact) mass is 258 g/mol. The number of hydrogen-bond acceptors (Lipinski definition) is 3. The van der Waals surface area contributed by atoms with E-state index in [1.54, 1.807) is 0 Å². The molecule has 0 radical (unpaired) electrons. The molecule has 0 amide bonds. The van der Waals surface area contributed by atoms with Crippen molar-refractivity contribution in [3.05, 3.63) is 42.0 Å². The molecule has 0 bridgehead atoms. The van der Waals surface area contributed by atoms with Gasteiger partial charge in [0, 0.05) is 38.6 Å². The lowest BCUT2D eigenvalue weighted by Gasteiger charge is -2.35. The zero-order valence-corrected chi connectivity index (χ0v) is 11.4. The number of rotatable bonds is 4. The summed E-state index contributed by atoms with van der Waals surface area (Å²) in [5.41, 5.74) is 2.77. The van der Waals surface area contributed by atoms with E-state index in [1.165, 1.54) is 11.1 Å². The van der Waals surface area contributed by atoms with Gasteiger partial charge in [-0.2, -0.15) is 0 Å². The SMILES string of the molecule is C=CC[C@@H](c1ccc2c(c1)CCO2)N1CCNCC1. The van der Waals surface area contributed by atoms with E-state index in [0.29, 0.717) is 6.04 Å². The van der Waals surface area contributed by atoms with Crippen molar-refractivity contribution in [2.75, 3.05) is 32.8 Å². The summed E-state index contributed by atoms with van der Waals surface area (Å²) in [5.74, 6) is 1.07. The van der Waals surface area contributed by atoms with Crippen LogP contribution in [-0.4, -0.2) is 37.7 Å². The number of nitrogens with one attached hydrogen (secondary N) is 1. The van der Waals surface area contributed by atoms with Gasteiger partial charge in [-0.25, -0.2) is 0 Å². The van der Waals surface area contributed by atoms with Crippen molar-refractivity contribution in [2.24, 2.45) is 0 Å². The van der Waals surface area contributed by atoms with Gasteiger partial charge in [0.2, 0.25) is 0 Å². The maximum atomic E-state index is 5.59. The van der Waals surface area contributed by atoms with Gasteiger partial charge in [0.15, 0.2) is 0 Å². The molecule has 0 aliphatic carbocycles. The van der Waals surface area contributed by atoms with E-state index in [-0.39, 0.29) is 0 Å². The van der Waals surface area contributed by atoms with Crippen molar-refractivity contribution in [3.63, 3.8) is 0 Å². The van der Waals surface area contributed by atoms with Gasteiger partial charge >= 0.3 is 0 Å². The van der Waals surface area contributed by atoms with Crippen molar-refractivity contribution in [1.82, 2.24) is 10.2 Å². The number of fused-ring (bicyclic) bond motifs is 1. The van der Waals surface area contributed by atoms with Gasteiger partial charge < -0.3 is 10.1 Å². The molecule has 0 spiro atoms. The molecule has 3 nitrogen and oxygen atoms in total. The molecule has 1 fully saturated rings. The Morgan fingerprint density at radius 3 is 3.00 bits per heavy atom. The van der Waals surface area contributed by atoms with Crippen molar-refractivity contribution in [2.45, 2.75) is 18.9 Å². The van der Waals surface area contributed by atoms with E-state index in [9.17, 15) is 0 Å². The van der Waals surface area contributed by atoms with Crippen LogP contribution in [0.4, 0.5) is 0 Å². The first kappa shape index (κ1) is 12.7. The van der Waals surface area contributed by atoms with Gasteiger partial charge in [-0.05, 0) is 23.6 Å². The average Bonchev–Trinajstić information content (AvgIpc) is 2.93. The molecule has 1 aromatic carbocycles. The van der Waals surface area contributed by atoms with E-state index in [0.717, 1.165) is 51.4 Å². The highest BCUT2D eigenvalue weighted by molar-refractivity contribution is 5.41. The molecule has 2 aliphatic rings. The second-order valence-electron chi connectivity index (χ2n) is 5.29. The van der Waals surface area contributed by atoms with E-state index >= 15 is 0 Å². The summed E-state index contributed by atoms with van der Waals surface area (Å²) in [6.07, 6.45) is 4.10. The minimum absolute atomic E-state index is 0.463. The Balaban J connectivity index is 1.84. The largest absolute Gasteiger partial charge is 0.493 e. The number of hydrogen-bond donors (Lipinski definition) is 1. The second kappa shape index (κ2) is 5.76. The summed E-state index contributed by atoms with van der Waals surface area (Å²) in [7, 11) is 0. The fourth-order valence-corrected chi connectivity index (χ4v) is 3.06. The first-order chi connectivity index (χ1) is 9.38. The van der Waals surface area contributed by atoms with Gasteiger partial charge in [-0.3, -0.25) is 4.90 Å². The van der Waals surface area contributed by atoms with Crippen molar-refractivity contribution in [1.29, 1.82) is 0 Å². The molecule has 1 N–H and O–H groups in total. The zero-order valence-electron chi connectivity index (χ0n) is 11.4. The third-order valence-electron chi connectivity index (χ3n) is 4.08. The van der Waals surface area contributed by atoms with E-state index in [1.807, 2.05) is 6.08 Å². The Morgan fingerprint density at radius 1 is 1.37 bits per heavy atom. The van der Waals surface area contributed by atoms with Crippen LogP contribution >= 0.6 is 0 Å². The molecule has 3 rings (SSSR count). The Bertz CT molecular complexity index is 452. The summed E-state index contributed by atoms with van der Waals surface area (Å²) in [6.45, 7) is 9.16. The molecule has 0 saturated carbocycles. The fourth-order valence-electron chi connectivity index (χ4n) is 3.06. The van der Waals surface area contributed by atoms with Gasteiger partial charge in [-0.15, -0.1) is 6.58 Å². The number of piperazine rings is 1. The van der Waals surface area contributed by atoms with E-state index < -0.39 is 0 Å². The average molecular weight is 258 g/mol. The van der Waals surface area contributed by atoms with Crippen LogP contribution in [0, 0.1) is 0 Å². The highest BCUT2D eigenvalue weighted by atomic mass is 16.5. The maximum absolute atomic E-state index is 5.59. The van der Waals surface area contributed by atoms with Gasteiger partial charge in [0.1, 0.15) is 5.75 Å². The molecule has 102 valence electrons.